The van der Waals surface area contributed by atoms with Crippen molar-refractivity contribution in [3.05, 3.63) is 36.9 Å². The standard InChI is InChI=1S/C20H22N8O/c1-20(18(29)27(2)3)8-12(9-20)24-19-22-11-14-13(10-21-17(14)26-19)15-5-7-28-16(25-15)4-6-23-28/h4-7,10-12H,8-9H2,1-3H3,(H2,21,22,24,26)/t12-,20-. The lowest BCUT2D eigenvalue weighted by atomic mass is 9.66. The number of nitrogens with one attached hydrogen (secondary N) is 2. The number of carbonyl (C=O) groups excluding carboxylic acids is 1. The molecule has 0 saturated heterocycles. The Morgan fingerprint density at radius 1 is 1.31 bits per heavy atom. The molecule has 29 heavy (non-hydrogen) atoms. The van der Waals surface area contributed by atoms with Gasteiger partial charge in [-0.25, -0.2) is 14.5 Å². The highest BCUT2D eigenvalue weighted by atomic mass is 16.2. The lowest BCUT2D eigenvalue weighted by molar-refractivity contribution is -0.143. The number of carbonyl (C=O) groups is 1. The first-order valence-electron chi connectivity index (χ1n) is 9.56. The van der Waals surface area contributed by atoms with Crippen LogP contribution in [0.15, 0.2) is 36.9 Å². The highest BCUT2D eigenvalue weighted by Crippen LogP contribution is 2.43. The maximum absolute atomic E-state index is 12.3. The van der Waals surface area contributed by atoms with Crippen LogP contribution in [0.3, 0.4) is 0 Å². The second-order valence-corrected chi connectivity index (χ2v) is 8.11. The minimum Gasteiger partial charge on any atom is -0.351 e. The van der Waals surface area contributed by atoms with Crippen molar-refractivity contribution in [2.24, 2.45) is 5.41 Å². The summed E-state index contributed by atoms with van der Waals surface area (Å²) in [5, 5.41) is 8.44. The maximum Gasteiger partial charge on any atom is 0.228 e. The number of fused-ring (bicyclic) bond motifs is 2. The van der Waals surface area contributed by atoms with E-state index in [2.05, 4.69) is 30.4 Å². The molecular formula is C20H22N8O. The highest BCUT2D eigenvalue weighted by molar-refractivity contribution is 5.92. The van der Waals surface area contributed by atoms with Gasteiger partial charge < -0.3 is 15.2 Å². The van der Waals surface area contributed by atoms with Crippen molar-refractivity contribution in [1.29, 1.82) is 0 Å². The molecule has 148 valence electrons. The summed E-state index contributed by atoms with van der Waals surface area (Å²) in [6, 6.07) is 3.98. The Kier molecular flexibility index (Phi) is 3.80. The Labute approximate surface area is 167 Å². The van der Waals surface area contributed by atoms with E-state index in [1.54, 1.807) is 29.7 Å². The molecule has 1 amide bonds. The molecule has 4 aromatic rings. The highest BCUT2D eigenvalue weighted by Gasteiger charge is 2.47. The van der Waals surface area contributed by atoms with Gasteiger partial charge in [0.25, 0.3) is 0 Å². The summed E-state index contributed by atoms with van der Waals surface area (Å²) < 4.78 is 1.73. The average Bonchev–Trinajstić information content (AvgIpc) is 3.31. The molecule has 4 aromatic heterocycles. The van der Waals surface area contributed by atoms with Crippen molar-refractivity contribution < 1.29 is 4.79 Å². The number of anilines is 1. The SMILES string of the molecule is CN(C)C(=O)[C@]1(C)C[C@@H](Nc2ncc3c(-c4ccn5nccc5n4)c[nH]c3n2)C1. The number of nitrogens with zero attached hydrogens (tertiary/aromatic N) is 6. The van der Waals surface area contributed by atoms with Crippen LogP contribution in [0, 0.1) is 5.41 Å². The van der Waals surface area contributed by atoms with E-state index in [9.17, 15) is 4.79 Å². The number of hydrogen-bond donors (Lipinski definition) is 2. The van der Waals surface area contributed by atoms with Gasteiger partial charge in [0.15, 0.2) is 5.65 Å². The third-order valence-electron chi connectivity index (χ3n) is 5.62. The second-order valence-electron chi connectivity index (χ2n) is 8.11. The first-order chi connectivity index (χ1) is 13.9. The lowest BCUT2D eigenvalue weighted by Crippen LogP contribution is -2.52. The summed E-state index contributed by atoms with van der Waals surface area (Å²) in [4.78, 5) is 30.9. The molecule has 0 spiro atoms. The van der Waals surface area contributed by atoms with Gasteiger partial charge in [-0.2, -0.15) is 10.1 Å². The summed E-state index contributed by atoms with van der Waals surface area (Å²) >= 11 is 0. The van der Waals surface area contributed by atoms with Crippen LogP contribution in [0.1, 0.15) is 19.8 Å². The van der Waals surface area contributed by atoms with E-state index < -0.39 is 0 Å². The molecule has 0 aromatic carbocycles. The van der Waals surface area contributed by atoms with E-state index in [-0.39, 0.29) is 17.4 Å². The largest absolute Gasteiger partial charge is 0.351 e. The number of hydrogen-bond acceptors (Lipinski definition) is 6. The van der Waals surface area contributed by atoms with E-state index >= 15 is 0 Å². The van der Waals surface area contributed by atoms with Gasteiger partial charge in [0.1, 0.15) is 5.65 Å². The van der Waals surface area contributed by atoms with Crippen molar-refractivity contribution in [2.75, 3.05) is 19.4 Å². The van der Waals surface area contributed by atoms with Gasteiger partial charge in [0.2, 0.25) is 11.9 Å². The molecule has 0 unspecified atom stereocenters. The molecule has 1 fully saturated rings. The van der Waals surface area contributed by atoms with Crippen molar-refractivity contribution in [3.63, 3.8) is 0 Å². The molecule has 5 rings (SSSR count). The molecule has 9 heteroatoms. The fraction of sp³-hybridized carbons (Fsp3) is 0.350. The van der Waals surface area contributed by atoms with Crippen molar-refractivity contribution in [3.8, 4) is 11.3 Å². The Hall–Kier alpha value is -3.49. The van der Waals surface area contributed by atoms with E-state index in [0.29, 0.717) is 5.95 Å². The predicted octanol–water partition coefficient (Wildman–Crippen LogP) is 2.34. The van der Waals surface area contributed by atoms with Gasteiger partial charge in [-0.05, 0) is 18.9 Å². The van der Waals surface area contributed by atoms with Gasteiger partial charge in [0.05, 0.1) is 17.3 Å². The van der Waals surface area contributed by atoms with Crippen LogP contribution in [0.25, 0.3) is 27.9 Å². The number of aromatic nitrogens is 6. The Balaban J connectivity index is 1.35. The fourth-order valence-corrected chi connectivity index (χ4v) is 4.18. The third-order valence-corrected chi connectivity index (χ3v) is 5.62. The minimum atomic E-state index is -0.303. The molecular weight excluding hydrogens is 368 g/mol. The van der Waals surface area contributed by atoms with Gasteiger partial charge >= 0.3 is 0 Å². The first kappa shape index (κ1) is 17.6. The number of H-pyrrole nitrogens is 1. The quantitative estimate of drug-likeness (QED) is 0.554. The molecule has 0 atom stereocenters. The third kappa shape index (κ3) is 2.89. The van der Waals surface area contributed by atoms with Crippen LogP contribution in [-0.4, -0.2) is 60.5 Å². The van der Waals surface area contributed by atoms with Crippen LogP contribution >= 0.6 is 0 Å². The lowest BCUT2D eigenvalue weighted by Gasteiger charge is -2.45. The summed E-state index contributed by atoms with van der Waals surface area (Å²) in [6.45, 7) is 2.01. The molecule has 1 aliphatic rings. The average molecular weight is 390 g/mol. The Bertz CT molecular complexity index is 1220. The minimum absolute atomic E-state index is 0.170. The van der Waals surface area contributed by atoms with Crippen LogP contribution in [0.4, 0.5) is 5.95 Å². The van der Waals surface area contributed by atoms with Crippen molar-refractivity contribution >= 4 is 28.5 Å². The molecule has 0 radical (unpaired) electrons. The van der Waals surface area contributed by atoms with Gasteiger partial charge in [-0.15, -0.1) is 0 Å². The summed E-state index contributed by atoms with van der Waals surface area (Å²) in [5.41, 5.74) is 3.02. The monoisotopic (exact) mass is 390 g/mol. The van der Waals surface area contributed by atoms with Crippen LogP contribution in [-0.2, 0) is 4.79 Å². The molecule has 2 N–H and O–H groups in total. The first-order valence-corrected chi connectivity index (χ1v) is 9.56. The van der Waals surface area contributed by atoms with Crippen LogP contribution < -0.4 is 5.32 Å². The molecule has 4 heterocycles. The fourth-order valence-electron chi connectivity index (χ4n) is 4.18. The predicted molar refractivity (Wildman–Crippen MR) is 109 cm³/mol. The molecule has 1 saturated carbocycles. The maximum atomic E-state index is 12.3. The second kappa shape index (κ2) is 6.26. The van der Waals surface area contributed by atoms with E-state index in [0.717, 1.165) is 40.8 Å². The smallest absolute Gasteiger partial charge is 0.228 e. The zero-order valence-corrected chi connectivity index (χ0v) is 16.5. The van der Waals surface area contributed by atoms with E-state index in [1.165, 1.54) is 0 Å². The zero-order valence-electron chi connectivity index (χ0n) is 16.5. The Morgan fingerprint density at radius 2 is 2.14 bits per heavy atom. The molecule has 1 aliphatic carbocycles. The molecule has 0 bridgehead atoms. The topological polar surface area (TPSA) is 104 Å². The van der Waals surface area contributed by atoms with Crippen LogP contribution in [0.5, 0.6) is 0 Å². The van der Waals surface area contributed by atoms with Crippen LogP contribution in [0.2, 0.25) is 0 Å². The van der Waals surface area contributed by atoms with E-state index in [1.807, 2.05) is 37.6 Å². The Morgan fingerprint density at radius 3 is 2.93 bits per heavy atom. The summed E-state index contributed by atoms with van der Waals surface area (Å²) in [5.74, 6) is 0.734. The molecule has 0 aliphatic heterocycles. The number of aromatic amines is 1. The van der Waals surface area contributed by atoms with Gasteiger partial charge in [-0.1, -0.05) is 6.92 Å². The van der Waals surface area contributed by atoms with Gasteiger partial charge in [-0.3, -0.25) is 4.79 Å². The van der Waals surface area contributed by atoms with Crippen molar-refractivity contribution in [1.82, 2.24) is 34.4 Å². The number of rotatable bonds is 4. The normalized spacial score (nSPS) is 21.3. The molecule has 9 nitrogen and oxygen atoms in total. The summed E-state index contributed by atoms with van der Waals surface area (Å²) in [7, 11) is 3.60. The zero-order chi connectivity index (χ0) is 20.2. The van der Waals surface area contributed by atoms with Crippen molar-refractivity contribution in [2.45, 2.75) is 25.8 Å². The number of amides is 1. The van der Waals surface area contributed by atoms with E-state index in [4.69, 9.17) is 0 Å². The summed E-state index contributed by atoms with van der Waals surface area (Å²) in [6.07, 6.45) is 8.86. The van der Waals surface area contributed by atoms with Gasteiger partial charge in [0, 0.05) is 55.7 Å².